The van der Waals surface area contributed by atoms with Crippen LogP contribution < -0.4 is 0 Å². The third kappa shape index (κ3) is 6.16. The number of piperidine rings is 1. The van der Waals surface area contributed by atoms with Crippen LogP contribution in [0.1, 0.15) is 38.7 Å². The van der Waals surface area contributed by atoms with Gasteiger partial charge in [0.2, 0.25) is 0 Å². The van der Waals surface area contributed by atoms with Gasteiger partial charge in [-0.2, -0.15) is 0 Å². The van der Waals surface area contributed by atoms with Crippen molar-refractivity contribution in [3.05, 3.63) is 71.0 Å². The van der Waals surface area contributed by atoms with E-state index in [-0.39, 0.29) is 23.7 Å². The summed E-state index contributed by atoms with van der Waals surface area (Å²) in [4.78, 5) is 27.0. The molecule has 0 bridgehead atoms. The molecule has 1 saturated heterocycles. The van der Waals surface area contributed by atoms with Gasteiger partial charge in [-0.05, 0) is 49.7 Å². The molecule has 0 atom stereocenters. The minimum atomic E-state index is -1.04. The van der Waals surface area contributed by atoms with Crippen molar-refractivity contribution >= 4 is 11.8 Å². The summed E-state index contributed by atoms with van der Waals surface area (Å²) in [6.07, 6.45) is 6.67. The number of methoxy groups -OCH3 is 1. The Bertz CT molecular complexity index is 784. The summed E-state index contributed by atoms with van der Waals surface area (Å²) in [7, 11) is 1.53. The zero-order valence-electron chi connectivity index (χ0n) is 17.6. The van der Waals surface area contributed by atoms with E-state index in [2.05, 4.69) is 17.0 Å². The molecule has 2 aliphatic rings. The number of carboxylic acid groups (broad SMARTS) is 1. The van der Waals surface area contributed by atoms with E-state index in [1.54, 1.807) is 18.2 Å². The molecule has 1 N–H and O–H groups in total. The van der Waals surface area contributed by atoms with Crippen LogP contribution in [-0.2, 0) is 20.9 Å². The Hall–Kier alpha value is -2.66. The molecular formula is C24H31NO4. The van der Waals surface area contributed by atoms with Crippen LogP contribution in [0.2, 0.25) is 0 Å². The molecule has 5 heteroatoms. The van der Waals surface area contributed by atoms with Gasteiger partial charge in [0.05, 0.1) is 12.7 Å². The number of allylic oxidation sites excluding steroid dienone is 4. The van der Waals surface area contributed by atoms with E-state index in [0.29, 0.717) is 11.3 Å². The van der Waals surface area contributed by atoms with Crippen molar-refractivity contribution in [1.82, 2.24) is 4.90 Å². The van der Waals surface area contributed by atoms with Gasteiger partial charge in [-0.25, -0.2) is 4.79 Å². The third-order valence-electron chi connectivity index (χ3n) is 5.21. The van der Waals surface area contributed by atoms with Gasteiger partial charge in [-0.3, -0.25) is 9.69 Å². The van der Waals surface area contributed by atoms with E-state index in [1.807, 2.05) is 32.0 Å². The van der Waals surface area contributed by atoms with Crippen LogP contribution in [0.15, 0.2) is 65.5 Å². The Morgan fingerprint density at radius 1 is 1.10 bits per heavy atom. The molecule has 0 radical (unpaired) electrons. The molecule has 156 valence electrons. The van der Waals surface area contributed by atoms with Gasteiger partial charge < -0.3 is 9.84 Å². The predicted octanol–water partition coefficient (Wildman–Crippen LogP) is 4.37. The van der Waals surface area contributed by atoms with Crippen LogP contribution in [0.5, 0.6) is 0 Å². The maximum atomic E-state index is 13.0. The first-order valence-corrected chi connectivity index (χ1v) is 10.3. The van der Waals surface area contributed by atoms with Crippen LogP contribution in [-0.4, -0.2) is 42.0 Å². The molecule has 29 heavy (non-hydrogen) atoms. The van der Waals surface area contributed by atoms with Gasteiger partial charge in [0.25, 0.3) is 0 Å². The summed E-state index contributed by atoms with van der Waals surface area (Å²) < 4.78 is 5.18. The minimum Gasteiger partial charge on any atom is -0.497 e. The van der Waals surface area contributed by atoms with Crippen molar-refractivity contribution in [3.8, 4) is 0 Å². The van der Waals surface area contributed by atoms with Crippen LogP contribution >= 0.6 is 0 Å². The fourth-order valence-corrected chi connectivity index (χ4v) is 3.65. The first-order chi connectivity index (χ1) is 14.1. The number of Topliss-reactive ketones (excluding diaryl/α,β-unsaturated/α-hetero) is 1. The second-order valence-corrected chi connectivity index (χ2v) is 6.95. The average Bonchev–Trinajstić information content (AvgIpc) is 2.99. The molecule has 3 rings (SSSR count). The highest BCUT2D eigenvalue weighted by atomic mass is 16.5. The molecule has 1 aliphatic heterocycles. The van der Waals surface area contributed by atoms with Gasteiger partial charge in [0.1, 0.15) is 5.76 Å². The van der Waals surface area contributed by atoms with Crippen molar-refractivity contribution in [3.63, 3.8) is 0 Å². The molecule has 0 unspecified atom stereocenters. The summed E-state index contributed by atoms with van der Waals surface area (Å²) in [6, 6.07) is 10.3. The molecule has 1 aliphatic carbocycles. The second-order valence-electron chi connectivity index (χ2n) is 6.95. The first kappa shape index (κ1) is 22.6. The number of ether oxygens (including phenoxy) is 1. The Labute approximate surface area is 173 Å². The largest absolute Gasteiger partial charge is 0.497 e. The maximum absolute atomic E-state index is 13.0. The van der Waals surface area contributed by atoms with E-state index in [9.17, 15) is 14.7 Å². The standard InChI is InChI=1S/C22H25NO4.C2H6/c1-27-18-7-9-19(20(10-8-18)22(25)26)21(24)17-11-13-23(14-12-17)15-16-5-3-2-4-6-16;1-2/h2-9,17H,10-15H2,1H3,(H,25,26);1-2H3. The van der Waals surface area contributed by atoms with Crippen molar-refractivity contribution in [1.29, 1.82) is 0 Å². The van der Waals surface area contributed by atoms with Crippen molar-refractivity contribution < 1.29 is 19.4 Å². The zero-order valence-corrected chi connectivity index (χ0v) is 17.6. The van der Waals surface area contributed by atoms with Gasteiger partial charge in [0.15, 0.2) is 5.78 Å². The molecule has 5 nitrogen and oxygen atoms in total. The maximum Gasteiger partial charge on any atom is 0.332 e. The second kappa shape index (κ2) is 11.4. The Kier molecular flexibility index (Phi) is 8.87. The van der Waals surface area contributed by atoms with E-state index >= 15 is 0 Å². The molecular weight excluding hydrogens is 366 g/mol. The van der Waals surface area contributed by atoms with Crippen molar-refractivity contribution in [2.45, 2.75) is 39.7 Å². The summed E-state index contributed by atoms with van der Waals surface area (Å²) in [5.41, 5.74) is 1.73. The van der Waals surface area contributed by atoms with Gasteiger partial charge in [-0.1, -0.05) is 44.2 Å². The van der Waals surface area contributed by atoms with Crippen molar-refractivity contribution in [2.75, 3.05) is 20.2 Å². The molecule has 0 aromatic heterocycles. The van der Waals surface area contributed by atoms with Crippen LogP contribution in [0.25, 0.3) is 0 Å². The first-order valence-electron chi connectivity index (χ1n) is 10.3. The van der Waals surface area contributed by atoms with E-state index < -0.39 is 5.97 Å². The SMILES string of the molecule is CC.COC1=CCC(C(=O)O)=C(C(=O)C2CCN(Cc3ccccc3)CC2)C=C1. The highest BCUT2D eigenvalue weighted by Gasteiger charge is 2.29. The number of nitrogens with zero attached hydrogens (tertiary/aromatic N) is 1. The Morgan fingerprint density at radius 3 is 2.34 bits per heavy atom. The molecule has 0 amide bonds. The highest BCUT2D eigenvalue weighted by molar-refractivity contribution is 6.06. The number of hydrogen-bond donors (Lipinski definition) is 1. The topological polar surface area (TPSA) is 66.8 Å². The predicted molar refractivity (Wildman–Crippen MR) is 114 cm³/mol. The number of carboxylic acids is 1. The van der Waals surface area contributed by atoms with E-state index in [1.165, 1.54) is 12.7 Å². The number of rotatable bonds is 6. The zero-order chi connectivity index (χ0) is 21.2. The number of benzene rings is 1. The lowest BCUT2D eigenvalue weighted by Crippen LogP contribution is -2.36. The number of carbonyl (C=O) groups excluding carboxylic acids is 1. The fourth-order valence-electron chi connectivity index (χ4n) is 3.65. The minimum absolute atomic E-state index is 0.0613. The summed E-state index contributed by atoms with van der Waals surface area (Å²) in [6.45, 7) is 6.56. The number of aliphatic carboxylic acids is 1. The molecule has 1 fully saturated rings. The van der Waals surface area contributed by atoms with Crippen molar-refractivity contribution in [2.24, 2.45) is 5.92 Å². The number of carbonyl (C=O) groups is 2. The fraction of sp³-hybridized carbons (Fsp3) is 0.417. The number of hydrogen-bond acceptors (Lipinski definition) is 4. The normalized spacial score (nSPS) is 17.7. The van der Waals surface area contributed by atoms with E-state index in [4.69, 9.17) is 4.74 Å². The summed E-state index contributed by atoms with van der Waals surface area (Å²) in [5.74, 6) is -0.656. The quantitative estimate of drug-likeness (QED) is 0.772. The Balaban J connectivity index is 0.00000145. The highest BCUT2D eigenvalue weighted by Crippen LogP contribution is 2.27. The van der Waals surface area contributed by atoms with Crippen LogP contribution in [0.4, 0.5) is 0 Å². The molecule has 0 spiro atoms. The summed E-state index contributed by atoms with van der Waals surface area (Å²) >= 11 is 0. The van der Waals surface area contributed by atoms with Gasteiger partial charge >= 0.3 is 5.97 Å². The van der Waals surface area contributed by atoms with Crippen LogP contribution in [0.3, 0.4) is 0 Å². The lowest BCUT2D eigenvalue weighted by molar-refractivity contribution is -0.133. The lowest BCUT2D eigenvalue weighted by Gasteiger charge is -2.31. The van der Waals surface area contributed by atoms with E-state index in [0.717, 1.165) is 32.5 Å². The smallest absolute Gasteiger partial charge is 0.332 e. The number of likely N-dealkylation sites (tertiary alicyclic amines) is 1. The summed E-state index contributed by atoms with van der Waals surface area (Å²) in [5, 5.41) is 9.52. The van der Waals surface area contributed by atoms with Gasteiger partial charge in [0, 0.05) is 24.5 Å². The molecule has 1 heterocycles. The molecule has 1 aromatic carbocycles. The lowest BCUT2D eigenvalue weighted by atomic mass is 9.86. The number of ketones is 1. The van der Waals surface area contributed by atoms with Crippen LogP contribution in [0, 0.1) is 5.92 Å². The van der Waals surface area contributed by atoms with Gasteiger partial charge in [-0.15, -0.1) is 0 Å². The molecule has 1 aromatic rings. The Morgan fingerprint density at radius 2 is 1.76 bits per heavy atom. The molecule has 0 saturated carbocycles. The average molecular weight is 398 g/mol. The third-order valence-corrected chi connectivity index (χ3v) is 5.21. The monoisotopic (exact) mass is 397 g/mol.